The van der Waals surface area contributed by atoms with Crippen molar-refractivity contribution in [1.82, 2.24) is 10.2 Å². The first-order valence-electron chi connectivity index (χ1n) is 11.8. The maximum Gasteiger partial charge on any atom is 0.264 e. The van der Waals surface area contributed by atoms with Crippen molar-refractivity contribution in [3.05, 3.63) is 88.9 Å². The molecule has 0 bridgehead atoms. The molecule has 0 aromatic heterocycles. The molecule has 7 nitrogen and oxygen atoms in total. The van der Waals surface area contributed by atoms with Crippen LogP contribution in [0.3, 0.4) is 0 Å². The van der Waals surface area contributed by atoms with Crippen molar-refractivity contribution in [2.24, 2.45) is 0 Å². The number of sulfonamides is 1. The number of anilines is 1. The molecule has 9 heteroatoms. The summed E-state index contributed by atoms with van der Waals surface area (Å²) >= 11 is 6.02. The molecule has 0 unspecified atom stereocenters. The predicted octanol–water partition coefficient (Wildman–Crippen LogP) is 4.46. The lowest BCUT2D eigenvalue weighted by atomic mass is 10.1. The van der Waals surface area contributed by atoms with Crippen molar-refractivity contribution in [1.29, 1.82) is 0 Å². The van der Waals surface area contributed by atoms with Gasteiger partial charge in [-0.3, -0.25) is 14.0 Å². The molecule has 1 aliphatic rings. The van der Waals surface area contributed by atoms with Gasteiger partial charge in [-0.2, -0.15) is 0 Å². The Balaban J connectivity index is 1.51. The molecule has 4 rings (SSSR count). The first-order chi connectivity index (χ1) is 17.4. The zero-order valence-corrected chi connectivity index (χ0v) is 21.8. The van der Waals surface area contributed by atoms with E-state index in [2.05, 4.69) is 16.3 Å². The fourth-order valence-electron chi connectivity index (χ4n) is 4.24. The number of amides is 1. The van der Waals surface area contributed by atoms with E-state index >= 15 is 0 Å². The third-order valence-corrected chi connectivity index (χ3v) is 8.28. The van der Waals surface area contributed by atoms with Gasteiger partial charge < -0.3 is 10.1 Å². The van der Waals surface area contributed by atoms with Crippen LogP contribution in [0.15, 0.2) is 77.7 Å². The summed E-state index contributed by atoms with van der Waals surface area (Å²) in [6.45, 7) is 2.96. The molecule has 1 heterocycles. The number of hydrogen-bond acceptors (Lipinski definition) is 5. The summed E-state index contributed by atoms with van der Waals surface area (Å²) in [6.07, 6.45) is 2.42. The molecule has 3 aromatic carbocycles. The van der Waals surface area contributed by atoms with Crippen LogP contribution < -0.4 is 14.4 Å². The maximum atomic E-state index is 13.5. The Labute approximate surface area is 217 Å². The number of hydrogen-bond donors (Lipinski definition) is 1. The smallest absolute Gasteiger partial charge is 0.264 e. The zero-order valence-electron chi connectivity index (χ0n) is 20.2. The highest BCUT2D eigenvalue weighted by atomic mass is 35.5. The Hall–Kier alpha value is -3.07. The van der Waals surface area contributed by atoms with E-state index in [-0.39, 0.29) is 11.4 Å². The third kappa shape index (κ3) is 6.37. The molecule has 0 aliphatic carbocycles. The average molecular weight is 528 g/mol. The fraction of sp³-hybridized carbons (Fsp3) is 0.296. The second-order valence-corrected chi connectivity index (χ2v) is 11.0. The van der Waals surface area contributed by atoms with E-state index in [1.807, 2.05) is 18.2 Å². The van der Waals surface area contributed by atoms with E-state index in [9.17, 15) is 13.2 Å². The van der Waals surface area contributed by atoms with Gasteiger partial charge >= 0.3 is 0 Å². The van der Waals surface area contributed by atoms with Crippen molar-refractivity contribution in [3.63, 3.8) is 0 Å². The Morgan fingerprint density at radius 1 is 0.972 bits per heavy atom. The normalized spacial score (nSPS) is 13.9. The van der Waals surface area contributed by atoms with Gasteiger partial charge in [-0.1, -0.05) is 35.9 Å². The summed E-state index contributed by atoms with van der Waals surface area (Å²) in [5, 5.41) is 3.38. The zero-order chi connectivity index (χ0) is 25.5. The highest BCUT2D eigenvalue weighted by Crippen LogP contribution is 2.26. The van der Waals surface area contributed by atoms with Crippen LogP contribution in [-0.2, 0) is 27.9 Å². The van der Waals surface area contributed by atoms with Crippen LogP contribution >= 0.6 is 11.6 Å². The molecule has 0 radical (unpaired) electrons. The molecular weight excluding hydrogens is 498 g/mol. The minimum absolute atomic E-state index is 0.0574. The molecule has 190 valence electrons. The number of carbonyl (C=O) groups excluding carboxylic acids is 1. The van der Waals surface area contributed by atoms with Gasteiger partial charge in [0.25, 0.3) is 10.0 Å². The number of rotatable bonds is 10. The van der Waals surface area contributed by atoms with Gasteiger partial charge in [-0.25, -0.2) is 8.42 Å². The van der Waals surface area contributed by atoms with Gasteiger partial charge in [-0.15, -0.1) is 0 Å². The highest BCUT2D eigenvalue weighted by molar-refractivity contribution is 7.92. The largest absolute Gasteiger partial charge is 0.497 e. The number of ether oxygens (including phenoxy) is 1. The summed E-state index contributed by atoms with van der Waals surface area (Å²) < 4.78 is 33.3. The molecule has 1 aliphatic heterocycles. The lowest BCUT2D eigenvalue weighted by molar-refractivity contribution is -0.119. The molecule has 0 saturated carbocycles. The number of nitrogens with one attached hydrogen (secondary N) is 1. The van der Waals surface area contributed by atoms with Crippen molar-refractivity contribution in [2.45, 2.75) is 30.8 Å². The fourth-order valence-corrected chi connectivity index (χ4v) is 5.79. The van der Waals surface area contributed by atoms with E-state index in [4.69, 9.17) is 16.3 Å². The van der Waals surface area contributed by atoms with Crippen LogP contribution in [-0.4, -0.2) is 46.0 Å². The maximum absolute atomic E-state index is 13.5. The third-order valence-electron chi connectivity index (χ3n) is 6.24. The lowest BCUT2D eigenvalue weighted by Gasteiger charge is -2.24. The topological polar surface area (TPSA) is 79.0 Å². The van der Waals surface area contributed by atoms with Crippen LogP contribution in [0.5, 0.6) is 5.75 Å². The van der Waals surface area contributed by atoms with E-state index in [0.717, 1.165) is 29.5 Å². The minimum atomic E-state index is -4.03. The van der Waals surface area contributed by atoms with E-state index in [0.29, 0.717) is 23.0 Å². The first-order valence-corrected chi connectivity index (χ1v) is 13.7. The van der Waals surface area contributed by atoms with Crippen molar-refractivity contribution < 1.29 is 17.9 Å². The van der Waals surface area contributed by atoms with E-state index in [1.165, 1.54) is 37.6 Å². The molecule has 1 amide bonds. The number of likely N-dealkylation sites (tertiary alicyclic amines) is 1. The Kier molecular flexibility index (Phi) is 8.51. The molecular formula is C27H30ClN3O4S. The molecule has 36 heavy (non-hydrogen) atoms. The van der Waals surface area contributed by atoms with Gasteiger partial charge in [0.2, 0.25) is 5.91 Å². The van der Waals surface area contributed by atoms with E-state index in [1.54, 1.807) is 36.4 Å². The van der Waals surface area contributed by atoms with Crippen LogP contribution in [0.4, 0.5) is 5.69 Å². The van der Waals surface area contributed by atoms with E-state index < -0.39 is 15.9 Å². The minimum Gasteiger partial charge on any atom is -0.497 e. The Morgan fingerprint density at radius 3 is 2.25 bits per heavy atom. The first kappa shape index (κ1) is 26.0. The number of nitrogens with zero attached hydrogens (tertiary/aromatic N) is 2. The standard InChI is InChI=1S/C27H30ClN3O4S/c1-35-25-12-14-26(15-13-25)36(33,34)31(24-10-8-23(28)9-11-24)20-27(32)29-18-21-6-2-3-7-22(21)19-30-16-4-5-17-30/h2-3,6-15H,4-5,16-20H2,1H3,(H,29,32). The van der Waals surface area contributed by atoms with Gasteiger partial charge in [0.1, 0.15) is 12.3 Å². The van der Waals surface area contributed by atoms with Crippen LogP contribution in [0, 0.1) is 0 Å². The van der Waals surface area contributed by atoms with Crippen LogP contribution in [0.2, 0.25) is 5.02 Å². The van der Waals surface area contributed by atoms with Gasteiger partial charge in [-0.05, 0) is 85.6 Å². The second-order valence-electron chi connectivity index (χ2n) is 8.69. The molecule has 1 fully saturated rings. The van der Waals surface area contributed by atoms with Crippen molar-refractivity contribution >= 4 is 33.2 Å². The van der Waals surface area contributed by atoms with Crippen LogP contribution in [0.25, 0.3) is 0 Å². The Bertz CT molecular complexity index is 1280. The average Bonchev–Trinajstić information content (AvgIpc) is 3.40. The quantitative estimate of drug-likeness (QED) is 0.421. The summed E-state index contributed by atoms with van der Waals surface area (Å²) in [4.78, 5) is 15.5. The molecule has 1 saturated heterocycles. The van der Waals surface area contributed by atoms with Gasteiger partial charge in [0.15, 0.2) is 0 Å². The summed E-state index contributed by atoms with van der Waals surface area (Å²) in [6, 6.07) is 20.5. The van der Waals surface area contributed by atoms with Crippen molar-refractivity contribution in [2.75, 3.05) is 31.0 Å². The van der Waals surface area contributed by atoms with Crippen LogP contribution in [0.1, 0.15) is 24.0 Å². The highest BCUT2D eigenvalue weighted by Gasteiger charge is 2.27. The molecule has 1 N–H and O–H groups in total. The lowest BCUT2D eigenvalue weighted by Crippen LogP contribution is -2.40. The summed E-state index contributed by atoms with van der Waals surface area (Å²) in [5.41, 5.74) is 2.54. The predicted molar refractivity (Wildman–Crippen MR) is 142 cm³/mol. The monoisotopic (exact) mass is 527 g/mol. The number of halogens is 1. The SMILES string of the molecule is COc1ccc(S(=O)(=O)N(CC(=O)NCc2ccccc2CN2CCCC2)c2ccc(Cl)cc2)cc1. The second kappa shape index (κ2) is 11.8. The molecule has 3 aromatic rings. The number of methoxy groups -OCH3 is 1. The Morgan fingerprint density at radius 2 is 1.61 bits per heavy atom. The summed E-state index contributed by atoms with van der Waals surface area (Å²) in [5.74, 6) is 0.135. The van der Waals surface area contributed by atoms with Gasteiger partial charge in [0, 0.05) is 18.1 Å². The molecule has 0 spiro atoms. The number of carbonyl (C=O) groups is 1. The van der Waals surface area contributed by atoms with Crippen molar-refractivity contribution in [3.8, 4) is 5.75 Å². The number of benzene rings is 3. The summed E-state index contributed by atoms with van der Waals surface area (Å²) in [7, 11) is -2.52. The van der Waals surface area contributed by atoms with Gasteiger partial charge in [0.05, 0.1) is 17.7 Å². The molecule has 0 atom stereocenters.